The van der Waals surface area contributed by atoms with Gasteiger partial charge in [-0.05, 0) is 45.2 Å². The molecule has 4 rings (SSSR count). The summed E-state index contributed by atoms with van der Waals surface area (Å²) in [5.41, 5.74) is 2.20. The minimum Gasteiger partial charge on any atom is -0.381 e. The fourth-order valence-electron chi connectivity index (χ4n) is 4.20. The summed E-state index contributed by atoms with van der Waals surface area (Å²) in [6, 6.07) is 13.0. The molecule has 2 amide bonds. The van der Waals surface area contributed by atoms with Gasteiger partial charge in [-0.1, -0.05) is 18.2 Å². The molecule has 1 aromatic heterocycles. The molecule has 160 valence electrons. The first kappa shape index (κ1) is 22.1. The zero-order valence-electron chi connectivity index (χ0n) is 17.5. The Balaban J connectivity index is 0.00000256. The second-order valence-electron chi connectivity index (χ2n) is 7.81. The molecule has 2 aromatic rings. The molecule has 2 aliphatic rings. The molecule has 3 heterocycles. The number of halogens is 1. The predicted octanol–water partition coefficient (Wildman–Crippen LogP) is 1.43. The zero-order valence-corrected chi connectivity index (χ0v) is 18.3. The van der Waals surface area contributed by atoms with Crippen molar-refractivity contribution in [3.8, 4) is 0 Å². The van der Waals surface area contributed by atoms with Crippen molar-refractivity contribution in [1.29, 1.82) is 0 Å². The third-order valence-electron chi connectivity index (χ3n) is 5.99. The van der Waals surface area contributed by atoms with E-state index in [1.54, 1.807) is 14.0 Å². The highest BCUT2D eigenvalue weighted by Gasteiger charge is 2.53. The number of nitrogens with one attached hydrogen (secondary N) is 3. The summed E-state index contributed by atoms with van der Waals surface area (Å²) in [6.45, 7) is 4.42. The van der Waals surface area contributed by atoms with E-state index in [9.17, 15) is 9.59 Å². The van der Waals surface area contributed by atoms with Crippen LogP contribution in [0.2, 0.25) is 0 Å². The predicted molar refractivity (Wildman–Crippen MR) is 119 cm³/mol. The first-order valence-corrected chi connectivity index (χ1v) is 10.1. The molecule has 0 saturated heterocycles. The summed E-state index contributed by atoms with van der Waals surface area (Å²) in [4.78, 5) is 27.8. The van der Waals surface area contributed by atoms with Gasteiger partial charge >= 0.3 is 5.91 Å². The molecule has 3 N–H and O–H groups in total. The van der Waals surface area contributed by atoms with Gasteiger partial charge in [-0.3, -0.25) is 4.79 Å². The Hall–Kier alpha value is -2.64. The van der Waals surface area contributed by atoms with Gasteiger partial charge in [0.15, 0.2) is 6.04 Å². The number of hydrogen-bond acceptors (Lipinski definition) is 4. The van der Waals surface area contributed by atoms with Gasteiger partial charge < -0.3 is 16.0 Å². The van der Waals surface area contributed by atoms with Gasteiger partial charge in [0, 0.05) is 17.7 Å². The molecule has 1 unspecified atom stereocenters. The zero-order chi connectivity index (χ0) is 20.5. The summed E-state index contributed by atoms with van der Waals surface area (Å²) in [5, 5.41) is 9.33. The fourth-order valence-corrected chi connectivity index (χ4v) is 4.20. The number of likely N-dealkylation sites (N-methyl/N-ethyl adjacent to an activating group) is 1. The van der Waals surface area contributed by atoms with Crippen molar-refractivity contribution in [2.45, 2.75) is 44.4 Å². The van der Waals surface area contributed by atoms with E-state index < -0.39 is 6.04 Å². The van der Waals surface area contributed by atoms with Crippen LogP contribution in [0.3, 0.4) is 0 Å². The number of carbonyl (C=O) groups is 2. The number of nitrogens with zero attached hydrogens (tertiary/aromatic N) is 2. The molecular formula is C22H29ClN5O2+. The molecular weight excluding hydrogens is 402 g/mol. The quantitative estimate of drug-likeness (QED) is 0.606. The maximum absolute atomic E-state index is 13.5. The van der Waals surface area contributed by atoms with E-state index in [0.29, 0.717) is 6.54 Å². The van der Waals surface area contributed by atoms with Crippen LogP contribution in [0.1, 0.15) is 25.5 Å². The number of amides is 2. The molecule has 0 aliphatic carbocycles. The van der Waals surface area contributed by atoms with E-state index in [1.807, 2.05) is 54.4 Å². The molecule has 7 nitrogen and oxygen atoms in total. The highest BCUT2D eigenvalue weighted by molar-refractivity contribution is 6.01. The normalized spacial score (nSPS) is 22.7. The van der Waals surface area contributed by atoms with Crippen LogP contribution in [0.4, 0.5) is 11.5 Å². The Bertz CT molecular complexity index is 923. The van der Waals surface area contributed by atoms with Crippen molar-refractivity contribution >= 4 is 35.7 Å². The Morgan fingerprint density at radius 1 is 1.23 bits per heavy atom. The van der Waals surface area contributed by atoms with Gasteiger partial charge in [0.1, 0.15) is 12.1 Å². The molecule has 0 radical (unpaired) electrons. The van der Waals surface area contributed by atoms with Crippen molar-refractivity contribution in [1.82, 2.24) is 10.6 Å². The Morgan fingerprint density at radius 3 is 2.67 bits per heavy atom. The number of benzene rings is 1. The minimum absolute atomic E-state index is 0. The van der Waals surface area contributed by atoms with E-state index in [0.717, 1.165) is 17.9 Å². The Morgan fingerprint density at radius 2 is 1.97 bits per heavy atom. The van der Waals surface area contributed by atoms with E-state index in [-0.39, 0.29) is 42.3 Å². The van der Waals surface area contributed by atoms with Crippen LogP contribution in [0, 0.1) is 0 Å². The van der Waals surface area contributed by atoms with Gasteiger partial charge in [0.05, 0.1) is 18.8 Å². The van der Waals surface area contributed by atoms with Crippen LogP contribution in [0.15, 0.2) is 48.7 Å². The summed E-state index contributed by atoms with van der Waals surface area (Å²) in [7, 11) is 1.73. The lowest BCUT2D eigenvalue weighted by molar-refractivity contribution is -0.710. The van der Waals surface area contributed by atoms with Crippen LogP contribution < -0.4 is 25.4 Å². The second-order valence-corrected chi connectivity index (χ2v) is 7.81. The lowest BCUT2D eigenvalue weighted by Gasteiger charge is -2.33. The standard InChI is InChI=1S/C22H27N5O2.ClH/c1-14(23-3)20(28)25-19-15(2)26-11-7-8-16-12-18(27(21(16)26)22(19)29)13-24-17-9-5-4-6-10-17;/h4-11,14-15,18-19,23-24H,12-13H2,1-3H3;1H/p+1/t14-,15?,18-,19-;/m0./s1. The van der Waals surface area contributed by atoms with Gasteiger partial charge in [-0.25, -0.2) is 9.36 Å². The third kappa shape index (κ3) is 3.87. The number of anilines is 2. The van der Waals surface area contributed by atoms with Crippen molar-refractivity contribution in [3.05, 3.63) is 54.2 Å². The number of pyridine rings is 1. The monoisotopic (exact) mass is 430 g/mol. The number of carbonyl (C=O) groups excluding carboxylic acids is 2. The molecule has 0 fully saturated rings. The summed E-state index contributed by atoms with van der Waals surface area (Å²) >= 11 is 0. The van der Waals surface area contributed by atoms with E-state index in [1.165, 1.54) is 5.56 Å². The fraction of sp³-hybridized carbons (Fsp3) is 0.409. The molecule has 0 saturated carbocycles. The van der Waals surface area contributed by atoms with Crippen LogP contribution in [0.5, 0.6) is 0 Å². The smallest absolute Gasteiger partial charge is 0.336 e. The molecule has 0 spiro atoms. The van der Waals surface area contributed by atoms with E-state index in [2.05, 4.69) is 26.6 Å². The third-order valence-corrected chi connectivity index (χ3v) is 5.99. The van der Waals surface area contributed by atoms with Crippen molar-refractivity contribution in [2.75, 3.05) is 23.8 Å². The minimum atomic E-state index is -0.594. The van der Waals surface area contributed by atoms with Crippen molar-refractivity contribution in [2.24, 2.45) is 0 Å². The lowest BCUT2D eigenvalue weighted by atomic mass is 10.0. The first-order chi connectivity index (χ1) is 14.0. The van der Waals surface area contributed by atoms with Gasteiger partial charge in [0.2, 0.25) is 5.91 Å². The van der Waals surface area contributed by atoms with Crippen LogP contribution >= 0.6 is 12.4 Å². The average molecular weight is 431 g/mol. The van der Waals surface area contributed by atoms with Crippen LogP contribution in [-0.2, 0) is 16.0 Å². The number of para-hydroxylation sites is 1. The molecule has 2 aliphatic heterocycles. The molecule has 0 bridgehead atoms. The molecule has 1 aromatic carbocycles. The van der Waals surface area contributed by atoms with Crippen molar-refractivity contribution in [3.63, 3.8) is 0 Å². The average Bonchev–Trinajstić information content (AvgIpc) is 3.12. The summed E-state index contributed by atoms with van der Waals surface area (Å²) in [6.07, 6.45) is 2.79. The number of hydrogen-bond donors (Lipinski definition) is 3. The maximum Gasteiger partial charge on any atom is 0.336 e. The number of rotatable bonds is 6. The van der Waals surface area contributed by atoms with Crippen LogP contribution in [-0.4, -0.2) is 43.5 Å². The molecule has 30 heavy (non-hydrogen) atoms. The summed E-state index contributed by atoms with van der Waals surface area (Å²) in [5.74, 6) is 0.743. The van der Waals surface area contributed by atoms with Crippen LogP contribution in [0.25, 0.3) is 0 Å². The highest BCUT2D eigenvalue weighted by Crippen LogP contribution is 2.34. The highest BCUT2D eigenvalue weighted by atomic mass is 35.5. The Labute approximate surface area is 183 Å². The Kier molecular flexibility index (Phi) is 6.63. The topological polar surface area (TPSA) is 77.4 Å². The number of aromatic nitrogens is 1. The lowest BCUT2D eigenvalue weighted by Crippen LogP contribution is -2.67. The first-order valence-electron chi connectivity index (χ1n) is 10.1. The van der Waals surface area contributed by atoms with E-state index >= 15 is 0 Å². The van der Waals surface area contributed by atoms with Gasteiger partial charge in [-0.2, -0.15) is 4.90 Å². The molecule has 8 heteroatoms. The largest absolute Gasteiger partial charge is 0.381 e. The van der Waals surface area contributed by atoms with Gasteiger partial charge in [0.25, 0.3) is 5.82 Å². The van der Waals surface area contributed by atoms with Gasteiger partial charge in [-0.15, -0.1) is 12.4 Å². The van der Waals surface area contributed by atoms with Crippen molar-refractivity contribution < 1.29 is 14.2 Å². The SMILES string of the molecule is CN[C@@H](C)C(=O)N[C@@H]1C(=O)N2c3c(ccc[n+]3C1C)C[C@H]2CNc1ccccc1.Cl. The van der Waals surface area contributed by atoms with E-state index in [4.69, 9.17) is 0 Å². The maximum atomic E-state index is 13.5. The second kappa shape index (κ2) is 9.02. The molecule has 4 atom stereocenters. The summed E-state index contributed by atoms with van der Waals surface area (Å²) < 4.78 is 2.12.